The number of nitrogens with zero attached hydrogens (tertiary/aromatic N) is 1. The Morgan fingerprint density at radius 3 is 2.83 bits per heavy atom. The van der Waals surface area contributed by atoms with Crippen molar-refractivity contribution in [2.75, 3.05) is 17.7 Å². The highest BCUT2D eigenvalue weighted by Crippen LogP contribution is 2.47. The first-order chi connectivity index (χ1) is 11.4. The summed E-state index contributed by atoms with van der Waals surface area (Å²) in [5.74, 6) is -0.446. The number of fused-ring (bicyclic) bond motifs is 1. The Balaban J connectivity index is 1.53. The monoisotopic (exact) mass is 412 g/mol. The molecule has 0 spiro atoms. The van der Waals surface area contributed by atoms with E-state index in [0.29, 0.717) is 17.9 Å². The second-order valence-corrected chi connectivity index (χ2v) is 8.35. The summed E-state index contributed by atoms with van der Waals surface area (Å²) in [5.41, 5.74) is 0.623. The van der Waals surface area contributed by atoms with E-state index in [2.05, 4.69) is 21.2 Å². The van der Waals surface area contributed by atoms with Gasteiger partial charge in [-0.3, -0.25) is 9.59 Å². The average Bonchev–Trinajstić information content (AvgIpc) is 3.04. The fourth-order valence-corrected chi connectivity index (χ4v) is 4.64. The van der Waals surface area contributed by atoms with Crippen LogP contribution >= 0.6 is 27.7 Å². The molecule has 2 aliphatic heterocycles. The molecule has 2 saturated heterocycles. The topological polar surface area (TPSA) is 75.7 Å². The quantitative estimate of drug-likeness (QED) is 0.768. The predicted octanol–water partition coefficient (Wildman–Crippen LogP) is 2.38. The normalized spacial score (nSPS) is 25.5. The number of benzene rings is 1. The van der Waals surface area contributed by atoms with Gasteiger partial charge in [-0.25, -0.2) is 4.79 Å². The van der Waals surface area contributed by atoms with E-state index in [9.17, 15) is 14.4 Å². The molecule has 2 atom stereocenters. The fraction of sp³-hybridized carbons (Fsp3) is 0.438. The lowest BCUT2D eigenvalue weighted by molar-refractivity contribution is -0.155. The van der Waals surface area contributed by atoms with Gasteiger partial charge in [-0.2, -0.15) is 0 Å². The van der Waals surface area contributed by atoms with Gasteiger partial charge in [0.05, 0.1) is 4.87 Å². The molecule has 0 aliphatic carbocycles. The molecule has 0 radical (unpaired) electrons. The maximum Gasteiger partial charge on any atom is 0.330 e. The second-order valence-electron chi connectivity index (χ2n) is 5.93. The minimum atomic E-state index is -0.601. The molecular formula is C16H17BrN2O4S. The number of rotatable bonds is 4. The molecule has 2 fully saturated rings. The van der Waals surface area contributed by atoms with Crippen molar-refractivity contribution in [3.8, 4) is 0 Å². The number of carbonyl (C=O) groups is 3. The van der Waals surface area contributed by atoms with Gasteiger partial charge in [0.1, 0.15) is 6.04 Å². The Morgan fingerprint density at radius 1 is 1.42 bits per heavy atom. The lowest BCUT2D eigenvalue weighted by Gasteiger charge is -2.29. The molecule has 0 bridgehead atoms. The number of hydrogen-bond acceptors (Lipinski definition) is 5. The molecule has 3 rings (SSSR count). The van der Waals surface area contributed by atoms with Crippen molar-refractivity contribution in [3.05, 3.63) is 28.7 Å². The van der Waals surface area contributed by atoms with Gasteiger partial charge in [0.15, 0.2) is 6.61 Å². The van der Waals surface area contributed by atoms with E-state index in [1.165, 1.54) is 0 Å². The number of thioether (sulfide) groups is 1. The van der Waals surface area contributed by atoms with Gasteiger partial charge in [-0.1, -0.05) is 15.9 Å². The molecule has 1 N–H and O–H groups in total. The Hall–Kier alpha value is -1.54. The average molecular weight is 413 g/mol. The minimum Gasteiger partial charge on any atom is -0.454 e. The molecule has 1 aromatic carbocycles. The van der Waals surface area contributed by atoms with Gasteiger partial charge in [0, 0.05) is 22.3 Å². The SMILES string of the molecule is C[C@]12CCC(=O)N1[C@@H](C(=O)OCC(=O)Nc1ccc(Br)cc1)CS2. The van der Waals surface area contributed by atoms with Crippen LogP contribution in [0.1, 0.15) is 19.8 Å². The Kier molecular flexibility index (Phi) is 4.87. The molecule has 2 aliphatic rings. The smallest absolute Gasteiger partial charge is 0.330 e. The molecule has 8 heteroatoms. The van der Waals surface area contributed by atoms with Crippen molar-refractivity contribution in [3.63, 3.8) is 0 Å². The van der Waals surface area contributed by atoms with Crippen LogP contribution in [0.4, 0.5) is 5.69 Å². The fourth-order valence-electron chi connectivity index (χ4n) is 2.96. The molecule has 24 heavy (non-hydrogen) atoms. The largest absolute Gasteiger partial charge is 0.454 e. The summed E-state index contributed by atoms with van der Waals surface area (Å²) in [7, 11) is 0. The summed E-state index contributed by atoms with van der Waals surface area (Å²) in [6, 6.07) is 6.49. The van der Waals surface area contributed by atoms with Crippen molar-refractivity contribution in [2.24, 2.45) is 0 Å². The van der Waals surface area contributed by atoms with Crippen molar-refractivity contribution < 1.29 is 19.1 Å². The molecule has 2 amide bonds. The number of amides is 2. The number of nitrogens with one attached hydrogen (secondary N) is 1. The van der Waals surface area contributed by atoms with Gasteiger partial charge in [0.2, 0.25) is 5.91 Å². The highest BCUT2D eigenvalue weighted by Gasteiger charge is 2.53. The third-order valence-electron chi connectivity index (χ3n) is 4.19. The van der Waals surface area contributed by atoms with Crippen molar-refractivity contribution >= 4 is 51.2 Å². The van der Waals surface area contributed by atoms with E-state index in [1.807, 2.05) is 6.92 Å². The van der Waals surface area contributed by atoms with Crippen LogP contribution in [-0.4, -0.2) is 46.0 Å². The third kappa shape index (κ3) is 3.44. The van der Waals surface area contributed by atoms with E-state index in [0.717, 1.165) is 10.9 Å². The van der Waals surface area contributed by atoms with Crippen molar-refractivity contribution in [2.45, 2.75) is 30.7 Å². The van der Waals surface area contributed by atoms with Crippen molar-refractivity contribution in [1.29, 1.82) is 0 Å². The number of hydrogen-bond donors (Lipinski definition) is 1. The van der Waals surface area contributed by atoms with Crippen LogP contribution in [0.3, 0.4) is 0 Å². The first-order valence-corrected chi connectivity index (χ1v) is 9.35. The maximum absolute atomic E-state index is 12.3. The van der Waals surface area contributed by atoms with Crippen LogP contribution in [0, 0.1) is 0 Å². The lowest BCUT2D eigenvalue weighted by atomic mass is 10.2. The molecule has 6 nitrogen and oxygen atoms in total. The lowest BCUT2D eigenvalue weighted by Crippen LogP contribution is -2.47. The predicted molar refractivity (Wildman–Crippen MR) is 94.5 cm³/mol. The number of carbonyl (C=O) groups excluding carboxylic acids is 3. The van der Waals surface area contributed by atoms with E-state index >= 15 is 0 Å². The first-order valence-electron chi connectivity index (χ1n) is 7.57. The Morgan fingerprint density at radius 2 is 2.12 bits per heavy atom. The maximum atomic E-state index is 12.3. The summed E-state index contributed by atoms with van der Waals surface area (Å²) in [4.78, 5) is 37.5. The van der Waals surface area contributed by atoms with Crippen molar-refractivity contribution in [1.82, 2.24) is 4.90 Å². The summed E-state index contributed by atoms with van der Waals surface area (Å²) >= 11 is 4.91. The van der Waals surface area contributed by atoms with E-state index in [4.69, 9.17) is 4.74 Å². The number of ether oxygens (including phenoxy) is 1. The second kappa shape index (κ2) is 6.76. The Labute approximate surface area is 152 Å². The standard InChI is InChI=1S/C16H17BrN2O4S/c1-16-7-6-14(21)19(16)12(9-24-16)15(22)23-8-13(20)18-11-4-2-10(17)3-5-11/h2-5,12H,6-9H2,1H3,(H,18,20)/t12-,16+/m1/s1. The molecule has 0 saturated carbocycles. The zero-order chi connectivity index (χ0) is 17.3. The third-order valence-corrected chi connectivity index (χ3v) is 6.22. The molecule has 0 aromatic heterocycles. The van der Waals surface area contributed by atoms with Gasteiger partial charge >= 0.3 is 5.97 Å². The van der Waals surface area contributed by atoms with Crippen LogP contribution in [-0.2, 0) is 19.1 Å². The van der Waals surface area contributed by atoms with Gasteiger partial charge in [-0.15, -0.1) is 11.8 Å². The van der Waals surface area contributed by atoms with E-state index in [-0.39, 0.29) is 17.4 Å². The van der Waals surface area contributed by atoms with Crippen LogP contribution in [0.2, 0.25) is 0 Å². The highest BCUT2D eigenvalue weighted by atomic mass is 79.9. The summed E-state index contributed by atoms with van der Waals surface area (Å²) < 4.78 is 6.02. The molecule has 128 valence electrons. The van der Waals surface area contributed by atoms with E-state index < -0.39 is 17.9 Å². The number of anilines is 1. The highest BCUT2D eigenvalue weighted by molar-refractivity contribution is 9.10. The number of esters is 1. The summed E-state index contributed by atoms with van der Waals surface area (Å²) in [6.07, 6.45) is 1.20. The molecule has 2 heterocycles. The minimum absolute atomic E-state index is 0.0243. The van der Waals surface area contributed by atoms with Gasteiger partial charge in [-0.05, 0) is 37.6 Å². The Bertz CT molecular complexity index is 681. The zero-order valence-electron chi connectivity index (χ0n) is 13.1. The number of halogens is 1. The first kappa shape index (κ1) is 17.3. The zero-order valence-corrected chi connectivity index (χ0v) is 15.5. The van der Waals surface area contributed by atoms with E-state index in [1.54, 1.807) is 40.9 Å². The molecule has 0 unspecified atom stereocenters. The van der Waals surface area contributed by atoms with Crippen LogP contribution in [0.15, 0.2) is 28.7 Å². The summed E-state index contributed by atoms with van der Waals surface area (Å²) in [6.45, 7) is 1.60. The van der Waals surface area contributed by atoms with Crippen LogP contribution in [0.25, 0.3) is 0 Å². The van der Waals surface area contributed by atoms with Crippen LogP contribution < -0.4 is 5.32 Å². The summed E-state index contributed by atoms with van der Waals surface area (Å²) in [5, 5.41) is 2.65. The van der Waals surface area contributed by atoms with Gasteiger partial charge < -0.3 is 15.0 Å². The van der Waals surface area contributed by atoms with Crippen LogP contribution in [0.5, 0.6) is 0 Å². The van der Waals surface area contributed by atoms with Gasteiger partial charge in [0.25, 0.3) is 5.91 Å². The molecular weight excluding hydrogens is 396 g/mol. The molecule has 1 aromatic rings.